The lowest BCUT2D eigenvalue weighted by molar-refractivity contribution is 0.0378. The van der Waals surface area contributed by atoms with E-state index in [4.69, 9.17) is 15.2 Å². The molecule has 17 heavy (non-hydrogen) atoms. The molecule has 0 aliphatic heterocycles. The van der Waals surface area contributed by atoms with Crippen LogP contribution in [0.1, 0.15) is 24.2 Å². The highest BCUT2D eigenvalue weighted by molar-refractivity contribution is 7.98. The topological polar surface area (TPSA) is 61.5 Å². The van der Waals surface area contributed by atoms with Crippen LogP contribution in [0.4, 0.5) is 5.69 Å². The van der Waals surface area contributed by atoms with E-state index < -0.39 is 5.97 Å². The van der Waals surface area contributed by atoms with Gasteiger partial charge in [0.15, 0.2) is 0 Å². The standard InChI is InChI=1S/C12H17NO3S/c1-7(2)16-12(14)9-5-8(17-4)6-10(15-3)11(9)13/h5-7H,13H2,1-4H3. The normalized spacial score (nSPS) is 10.4. The molecular formula is C12H17NO3S. The molecule has 5 heteroatoms. The van der Waals surface area contributed by atoms with Crippen molar-refractivity contribution < 1.29 is 14.3 Å². The van der Waals surface area contributed by atoms with Crippen LogP contribution in [0.25, 0.3) is 0 Å². The number of esters is 1. The number of hydrogen-bond donors (Lipinski definition) is 1. The maximum absolute atomic E-state index is 11.8. The molecule has 0 aromatic heterocycles. The summed E-state index contributed by atoms with van der Waals surface area (Å²) < 4.78 is 10.3. The fourth-order valence-electron chi connectivity index (χ4n) is 1.33. The summed E-state index contributed by atoms with van der Waals surface area (Å²) in [6.45, 7) is 3.59. The molecule has 0 fully saturated rings. The van der Waals surface area contributed by atoms with E-state index in [2.05, 4.69) is 0 Å². The minimum atomic E-state index is -0.424. The molecule has 0 saturated carbocycles. The van der Waals surface area contributed by atoms with E-state index in [1.54, 1.807) is 26.0 Å². The molecule has 0 spiro atoms. The molecule has 0 saturated heterocycles. The third-order valence-corrected chi connectivity index (χ3v) is 2.84. The highest BCUT2D eigenvalue weighted by atomic mass is 32.2. The minimum absolute atomic E-state index is 0.175. The van der Waals surface area contributed by atoms with Crippen molar-refractivity contribution in [2.45, 2.75) is 24.8 Å². The summed E-state index contributed by atoms with van der Waals surface area (Å²) in [5.41, 5.74) is 6.52. The van der Waals surface area contributed by atoms with Gasteiger partial charge >= 0.3 is 5.97 Å². The van der Waals surface area contributed by atoms with Gasteiger partial charge in [-0.05, 0) is 32.2 Å². The zero-order valence-corrected chi connectivity index (χ0v) is 11.3. The number of hydrogen-bond acceptors (Lipinski definition) is 5. The number of anilines is 1. The van der Waals surface area contributed by atoms with Gasteiger partial charge in [0.2, 0.25) is 0 Å². The summed E-state index contributed by atoms with van der Waals surface area (Å²) in [7, 11) is 1.52. The molecule has 0 atom stereocenters. The summed E-state index contributed by atoms with van der Waals surface area (Å²) in [5.74, 6) is 0.0688. The summed E-state index contributed by atoms with van der Waals surface area (Å²) in [5, 5.41) is 0. The van der Waals surface area contributed by atoms with Gasteiger partial charge < -0.3 is 15.2 Å². The van der Waals surface area contributed by atoms with Crippen molar-refractivity contribution in [3.63, 3.8) is 0 Å². The Morgan fingerprint density at radius 2 is 2.06 bits per heavy atom. The molecule has 4 nitrogen and oxygen atoms in total. The molecule has 2 N–H and O–H groups in total. The van der Waals surface area contributed by atoms with Gasteiger partial charge in [0, 0.05) is 4.90 Å². The fraction of sp³-hybridized carbons (Fsp3) is 0.417. The van der Waals surface area contributed by atoms with Crippen molar-refractivity contribution in [2.24, 2.45) is 0 Å². The smallest absolute Gasteiger partial charge is 0.340 e. The molecule has 0 amide bonds. The van der Waals surface area contributed by atoms with Crippen molar-refractivity contribution in [3.8, 4) is 5.75 Å². The highest BCUT2D eigenvalue weighted by Crippen LogP contribution is 2.31. The predicted molar refractivity (Wildman–Crippen MR) is 69.7 cm³/mol. The lowest BCUT2D eigenvalue weighted by Crippen LogP contribution is -2.14. The lowest BCUT2D eigenvalue weighted by atomic mass is 10.1. The van der Waals surface area contributed by atoms with Gasteiger partial charge in [-0.25, -0.2) is 4.79 Å². The summed E-state index contributed by atoms with van der Waals surface area (Å²) in [4.78, 5) is 12.8. The first-order valence-electron chi connectivity index (χ1n) is 5.22. The average Bonchev–Trinajstić information content (AvgIpc) is 2.28. The van der Waals surface area contributed by atoms with Crippen LogP contribution >= 0.6 is 11.8 Å². The van der Waals surface area contributed by atoms with E-state index >= 15 is 0 Å². The molecule has 0 radical (unpaired) electrons. The van der Waals surface area contributed by atoms with Gasteiger partial charge in [0.25, 0.3) is 0 Å². The van der Waals surface area contributed by atoms with Crippen molar-refractivity contribution in [1.29, 1.82) is 0 Å². The number of carbonyl (C=O) groups is 1. The molecular weight excluding hydrogens is 238 g/mol. The van der Waals surface area contributed by atoms with E-state index in [-0.39, 0.29) is 6.10 Å². The summed E-state index contributed by atoms with van der Waals surface area (Å²) in [6.07, 6.45) is 1.74. The Morgan fingerprint density at radius 3 is 2.53 bits per heavy atom. The van der Waals surface area contributed by atoms with E-state index in [0.29, 0.717) is 17.0 Å². The Labute approximate surface area is 105 Å². The molecule has 94 valence electrons. The van der Waals surface area contributed by atoms with Crippen LogP contribution in [-0.4, -0.2) is 25.4 Å². The Hall–Kier alpha value is -1.36. The monoisotopic (exact) mass is 255 g/mol. The number of ether oxygens (including phenoxy) is 2. The van der Waals surface area contributed by atoms with Crippen LogP contribution in [0.3, 0.4) is 0 Å². The fourth-order valence-corrected chi connectivity index (χ4v) is 1.80. The van der Waals surface area contributed by atoms with E-state index in [1.165, 1.54) is 18.9 Å². The number of nitrogens with two attached hydrogens (primary N) is 1. The van der Waals surface area contributed by atoms with Crippen LogP contribution in [0.2, 0.25) is 0 Å². The number of methoxy groups -OCH3 is 1. The Bertz CT molecular complexity index is 418. The Morgan fingerprint density at radius 1 is 1.41 bits per heavy atom. The van der Waals surface area contributed by atoms with Gasteiger partial charge in [-0.2, -0.15) is 0 Å². The molecule has 1 aromatic rings. The summed E-state index contributed by atoms with van der Waals surface area (Å²) in [6, 6.07) is 3.51. The second-order valence-electron chi connectivity index (χ2n) is 3.74. The first-order valence-corrected chi connectivity index (χ1v) is 6.44. The van der Waals surface area contributed by atoms with Gasteiger partial charge in [0.1, 0.15) is 5.75 Å². The maximum atomic E-state index is 11.8. The van der Waals surface area contributed by atoms with Crippen molar-refractivity contribution >= 4 is 23.4 Å². The average molecular weight is 255 g/mol. The number of benzene rings is 1. The third-order valence-electron chi connectivity index (χ3n) is 2.13. The first kappa shape index (κ1) is 13.7. The van der Waals surface area contributed by atoms with Gasteiger partial charge in [-0.1, -0.05) is 0 Å². The van der Waals surface area contributed by atoms with Gasteiger partial charge in [0.05, 0.1) is 24.5 Å². The molecule has 1 aromatic carbocycles. The Balaban J connectivity index is 3.17. The number of carbonyl (C=O) groups excluding carboxylic acids is 1. The first-order chi connectivity index (χ1) is 7.99. The minimum Gasteiger partial charge on any atom is -0.495 e. The lowest BCUT2D eigenvalue weighted by Gasteiger charge is -2.13. The Kier molecular flexibility index (Phi) is 4.69. The van der Waals surface area contributed by atoms with Crippen LogP contribution in [-0.2, 0) is 4.74 Å². The highest BCUT2D eigenvalue weighted by Gasteiger charge is 2.17. The zero-order chi connectivity index (χ0) is 13.0. The largest absolute Gasteiger partial charge is 0.495 e. The molecule has 1 rings (SSSR count). The second kappa shape index (κ2) is 5.82. The maximum Gasteiger partial charge on any atom is 0.340 e. The van der Waals surface area contributed by atoms with Crippen LogP contribution in [0, 0.1) is 0 Å². The van der Waals surface area contributed by atoms with Crippen LogP contribution < -0.4 is 10.5 Å². The second-order valence-corrected chi connectivity index (χ2v) is 4.62. The van der Waals surface area contributed by atoms with Crippen molar-refractivity contribution in [2.75, 3.05) is 19.1 Å². The SMILES string of the molecule is COc1cc(SC)cc(C(=O)OC(C)C)c1N. The van der Waals surface area contributed by atoms with Crippen LogP contribution in [0.5, 0.6) is 5.75 Å². The summed E-state index contributed by atoms with van der Waals surface area (Å²) >= 11 is 1.51. The van der Waals surface area contributed by atoms with E-state index in [0.717, 1.165) is 4.90 Å². The predicted octanol–water partition coefficient (Wildman–Crippen LogP) is 2.56. The third kappa shape index (κ3) is 3.30. The number of thioether (sulfide) groups is 1. The molecule has 0 unspecified atom stereocenters. The van der Waals surface area contributed by atoms with Crippen LogP contribution in [0.15, 0.2) is 17.0 Å². The molecule has 0 aliphatic carbocycles. The molecule has 0 aliphatic rings. The number of rotatable bonds is 4. The van der Waals surface area contributed by atoms with E-state index in [9.17, 15) is 4.79 Å². The molecule has 0 heterocycles. The number of nitrogen functional groups attached to an aromatic ring is 1. The quantitative estimate of drug-likeness (QED) is 0.509. The van der Waals surface area contributed by atoms with Crippen molar-refractivity contribution in [1.82, 2.24) is 0 Å². The molecule has 0 bridgehead atoms. The van der Waals surface area contributed by atoms with Gasteiger partial charge in [-0.15, -0.1) is 11.8 Å². The zero-order valence-electron chi connectivity index (χ0n) is 10.4. The van der Waals surface area contributed by atoms with Crippen molar-refractivity contribution in [3.05, 3.63) is 17.7 Å². The van der Waals surface area contributed by atoms with Gasteiger partial charge in [-0.3, -0.25) is 0 Å². The van der Waals surface area contributed by atoms with E-state index in [1.807, 2.05) is 6.26 Å².